The standard InChI is InChI=1S/C12H11N3O/c13-7-1-3-9-11(5-7)16-12-6-8(14)2-4-10(12)15-9/h1,3,5-6,13H,2,4,14H2. The Kier molecular flexibility index (Phi) is 1.83. The van der Waals surface area contributed by atoms with Crippen molar-refractivity contribution in [2.24, 2.45) is 5.73 Å². The minimum absolute atomic E-state index is 0.422. The highest BCUT2D eigenvalue weighted by Crippen LogP contribution is 2.26. The maximum Gasteiger partial charge on any atom is 0.155 e. The summed E-state index contributed by atoms with van der Waals surface area (Å²) in [7, 11) is 0. The van der Waals surface area contributed by atoms with Gasteiger partial charge in [-0.15, -0.1) is 0 Å². The van der Waals surface area contributed by atoms with Crippen molar-refractivity contribution in [2.75, 3.05) is 0 Å². The van der Waals surface area contributed by atoms with Crippen molar-refractivity contribution in [1.29, 1.82) is 5.41 Å². The number of benzene rings is 1. The van der Waals surface area contributed by atoms with Gasteiger partial charge in [0.1, 0.15) is 5.69 Å². The quantitative estimate of drug-likeness (QED) is 0.696. The molecule has 0 amide bonds. The van der Waals surface area contributed by atoms with Gasteiger partial charge in [-0.05, 0) is 25.0 Å². The fourth-order valence-corrected chi connectivity index (χ4v) is 1.86. The van der Waals surface area contributed by atoms with Crippen LogP contribution < -0.4 is 11.1 Å². The number of nitrogens with zero attached hydrogens (tertiary/aromatic N) is 1. The lowest BCUT2D eigenvalue weighted by atomic mass is 10.1. The average molecular weight is 213 g/mol. The Morgan fingerprint density at radius 2 is 2.19 bits per heavy atom. The molecule has 16 heavy (non-hydrogen) atoms. The van der Waals surface area contributed by atoms with Crippen LogP contribution in [-0.4, -0.2) is 4.98 Å². The molecular formula is C12H11N3O. The number of aryl methyl sites for hydroxylation is 1. The molecule has 0 saturated carbocycles. The van der Waals surface area contributed by atoms with E-state index in [1.165, 1.54) is 0 Å². The molecule has 4 nitrogen and oxygen atoms in total. The number of nitrogens with one attached hydrogen (secondary N) is 1. The summed E-state index contributed by atoms with van der Waals surface area (Å²) in [6.45, 7) is 0. The minimum atomic E-state index is 0.422. The number of aromatic nitrogens is 1. The normalized spacial score (nSPS) is 14.6. The third-order valence-electron chi connectivity index (χ3n) is 2.69. The van der Waals surface area contributed by atoms with Crippen LogP contribution in [0.2, 0.25) is 0 Å². The largest absolute Gasteiger partial charge is 0.453 e. The molecule has 0 saturated heterocycles. The van der Waals surface area contributed by atoms with Crippen LogP contribution in [0.5, 0.6) is 0 Å². The van der Waals surface area contributed by atoms with Crippen molar-refractivity contribution >= 4 is 6.08 Å². The predicted octanol–water partition coefficient (Wildman–Crippen LogP) is 1.50. The van der Waals surface area contributed by atoms with Crippen molar-refractivity contribution in [3.63, 3.8) is 0 Å². The Hall–Kier alpha value is -2.10. The Balaban J connectivity index is 2.30. The molecule has 0 fully saturated rings. The van der Waals surface area contributed by atoms with Crippen LogP contribution in [0.1, 0.15) is 17.9 Å². The Morgan fingerprint density at radius 3 is 3.06 bits per heavy atom. The number of nitrogens with two attached hydrogens (primary N) is 1. The van der Waals surface area contributed by atoms with E-state index in [1.807, 2.05) is 12.1 Å². The lowest BCUT2D eigenvalue weighted by Gasteiger charge is -2.14. The van der Waals surface area contributed by atoms with E-state index in [0.29, 0.717) is 11.1 Å². The second kappa shape index (κ2) is 3.20. The molecule has 1 heterocycles. The lowest BCUT2D eigenvalue weighted by Crippen LogP contribution is -2.09. The fraction of sp³-hybridized carbons (Fsp3) is 0.167. The van der Waals surface area contributed by atoms with Crippen molar-refractivity contribution in [3.8, 4) is 11.5 Å². The Morgan fingerprint density at radius 1 is 1.31 bits per heavy atom. The molecule has 3 rings (SSSR count). The van der Waals surface area contributed by atoms with Gasteiger partial charge in [0.2, 0.25) is 0 Å². The van der Waals surface area contributed by atoms with Gasteiger partial charge in [0, 0.05) is 17.8 Å². The molecule has 0 unspecified atom stereocenters. The third-order valence-corrected chi connectivity index (χ3v) is 2.69. The monoisotopic (exact) mass is 213 g/mol. The summed E-state index contributed by atoms with van der Waals surface area (Å²) >= 11 is 0. The Labute approximate surface area is 92.3 Å². The van der Waals surface area contributed by atoms with E-state index in [1.54, 1.807) is 12.1 Å². The van der Waals surface area contributed by atoms with Crippen molar-refractivity contribution in [3.05, 3.63) is 40.7 Å². The zero-order valence-corrected chi connectivity index (χ0v) is 8.66. The molecular weight excluding hydrogens is 202 g/mol. The molecule has 0 bridgehead atoms. The molecule has 0 atom stereocenters. The van der Waals surface area contributed by atoms with E-state index in [4.69, 9.17) is 15.6 Å². The highest BCUT2D eigenvalue weighted by molar-refractivity contribution is 5.59. The maximum absolute atomic E-state index is 7.53. The first-order valence-electron chi connectivity index (χ1n) is 5.17. The summed E-state index contributed by atoms with van der Waals surface area (Å²) in [5.41, 5.74) is 8.32. The second-order valence-electron chi connectivity index (χ2n) is 3.93. The zero-order chi connectivity index (χ0) is 11.1. The number of hydrogen-bond donors (Lipinski definition) is 2. The summed E-state index contributed by atoms with van der Waals surface area (Å²) in [6.07, 6.45) is 3.47. The van der Waals surface area contributed by atoms with E-state index in [0.717, 1.165) is 35.7 Å². The molecule has 0 aromatic rings. The first kappa shape index (κ1) is 9.15. The van der Waals surface area contributed by atoms with Crippen LogP contribution in [0, 0.1) is 5.41 Å². The number of hydrogen-bond acceptors (Lipinski definition) is 4. The van der Waals surface area contributed by atoms with Gasteiger partial charge < -0.3 is 15.6 Å². The van der Waals surface area contributed by atoms with Gasteiger partial charge in [-0.3, -0.25) is 0 Å². The van der Waals surface area contributed by atoms with Gasteiger partial charge in [0.05, 0.1) is 11.1 Å². The average Bonchev–Trinajstić information content (AvgIpc) is 2.26. The molecule has 0 aromatic heterocycles. The van der Waals surface area contributed by atoms with Crippen molar-refractivity contribution in [1.82, 2.24) is 4.98 Å². The van der Waals surface area contributed by atoms with Crippen LogP contribution in [0.15, 0.2) is 28.3 Å². The van der Waals surface area contributed by atoms with Gasteiger partial charge in [0.25, 0.3) is 0 Å². The molecule has 2 aliphatic carbocycles. The minimum Gasteiger partial charge on any atom is -0.453 e. The molecule has 0 spiro atoms. The Bertz CT molecular complexity index is 612. The van der Waals surface area contributed by atoms with E-state index >= 15 is 0 Å². The van der Waals surface area contributed by atoms with Gasteiger partial charge in [-0.25, -0.2) is 4.98 Å². The summed E-state index contributed by atoms with van der Waals surface area (Å²) in [4.78, 5) is 4.51. The lowest BCUT2D eigenvalue weighted by molar-refractivity contribution is 0.527. The molecule has 3 N–H and O–H groups in total. The molecule has 0 aromatic carbocycles. The fourth-order valence-electron chi connectivity index (χ4n) is 1.86. The van der Waals surface area contributed by atoms with Gasteiger partial charge in [-0.2, -0.15) is 0 Å². The SMILES string of the molecule is N=c1ccc2nc3c(oc-2c1)C=C(N)CC3. The maximum atomic E-state index is 7.53. The van der Waals surface area contributed by atoms with E-state index in [-0.39, 0.29) is 0 Å². The van der Waals surface area contributed by atoms with Gasteiger partial charge >= 0.3 is 0 Å². The van der Waals surface area contributed by atoms with E-state index in [2.05, 4.69) is 4.98 Å². The summed E-state index contributed by atoms with van der Waals surface area (Å²) in [6, 6.07) is 5.19. The van der Waals surface area contributed by atoms with Crippen LogP contribution in [0.25, 0.3) is 17.5 Å². The topological polar surface area (TPSA) is 75.9 Å². The van der Waals surface area contributed by atoms with Crippen molar-refractivity contribution in [2.45, 2.75) is 12.8 Å². The first-order valence-corrected chi connectivity index (χ1v) is 5.17. The highest BCUT2D eigenvalue weighted by Gasteiger charge is 2.16. The highest BCUT2D eigenvalue weighted by atomic mass is 16.3. The molecule has 4 heteroatoms. The first-order chi connectivity index (χ1) is 7.72. The van der Waals surface area contributed by atoms with Crippen molar-refractivity contribution < 1.29 is 4.42 Å². The third kappa shape index (κ3) is 1.39. The van der Waals surface area contributed by atoms with Crippen LogP contribution >= 0.6 is 0 Å². The molecule has 80 valence electrons. The number of rotatable bonds is 0. The van der Waals surface area contributed by atoms with Crippen LogP contribution in [0.3, 0.4) is 0 Å². The summed E-state index contributed by atoms with van der Waals surface area (Å²) in [5, 5.41) is 7.95. The van der Waals surface area contributed by atoms with E-state index < -0.39 is 0 Å². The zero-order valence-electron chi connectivity index (χ0n) is 8.66. The molecule has 3 aliphatic rings. The second-order valence-corrected chi connectivity index (χ2v) is 3.93. The van der Waals surface area contributed by atoms with Crippen LogP contribution in [0.4, 0.5) is 0 Å². The smallest absolute Gasteiger partial charge is 0.155 e. The molecule has 1 aliphatic heterocycles. The van der Waals surface area contributed by atoms with Gasteiger partial charge in [-0.1, -0.05) is 0 Å². The number of allylic oxidation sites excluding steroid dienone is 1. The molecule has 0 radical (unpaired) electrons. The number of fused-ring (bicyclic) bond motifs is 2. The van der Waals surface area contributed by atoms with Crippen LogP contribution in [-0.2, 0) is 6.42 Å². The summed E-state index contributed by atoms with van der Waals surface area (Å²) < 4.78 is 5.70. The predicted molar refractivity (Wildman–Crippen MR) is 59.5 cm³/mol. The van der Waals surface area contributed by atoms with E-state index in [9.17, 15) is 0 Å². The van der Waals surface area contributed by atoms with Gasteiger partial charge in [0.15, 0.2) is 11.5 Å². The summed E-state index contributed by atoms with van der Waals surface area (Å²) in [5.74, 6) is 1.36.